The zero-order valence-corrected chi connectivity index (χ0v) is 15.2. The van der Waals surface area contributed by atoms with E-state index in [1.54, 1.807) is 4.31 Å². The van der Waals surface area contributed by atoms with Crippen LogP contribution in [0.25, 0.3) is 4.96 Å². The Labute approximate surface area is 144 Å². The molecule has 4 rings (SSSR count). The Morgan fingerprint density at radius 2 is 2.00 bits per heavy atom. The molecule has 24 heavy (non-hydrogen) atoms. The summed E-state index contributed by atoms with van der Waals surface area (Å²) in [6, 6.07) is 8.01. The second kappa shape index (κ2) is 5.65. The number of rotatable bonds is 3. The van der Waals surface area contributed by atoms with Crippen LogP contribution in [0.15, 0.2) is 29.3 Å². The summed E-state index contributed by atoms with van der Waals surface area (Å²) in [6.45, 7) is 4.67. The highest BCUT2D eigenvalue weighted by Crippen LogP contribution is 2.29. The molecule has 0 saturated heterocycles. The van der Waals surface area contributed by atoms with E-state index in [1.165, 1.54) is 21.4 Å². The molecule has 0 fully saturated rings. The number of fused-ring (bicyclic) bond motifs is 2. The molecule has 126 valence electrons. The molecule has 0 aliphatic carbocycles. The minimum absolute atomic E-state index is 0.226. The van der Waals surface area contributed by atoms with Crippen molar-refractivity contribution >= 4 is 26.3 Å². The standard InChI is InChI=1S/C16H18N4O2S2/c1-3-14-15(20-16(17-14)23-11(2)18-20)24(21,22)19-9-8-12-6-4-5-7-13(12)10-19/h4-7H,3,8-10H2,1-2H3. The van der Waals surface area contributed by atoms with Crippen LogP contribution in [0.4, 0.5) is 0 Å². The van der Waals surface area contributed by atoms with E-state index in [0.29, 0.717) is 30.2 Å². The Balaban J connectivity index is 1.81. The zero-order chi connectivity index (χ0) is 16.9. The van der Waals surface area contributed by atoms with Crippen LogP contribution < -0.4 is 0 Å². The van der Waals surface area contributed by atoms with Crippen molar-refractivity contribution in [2.75, 3.05) is 6.54 Å². The van der Waals surface area contributed by atoms with Gasteiger partial charge in [-0.3, -0.25) is 0 Å². The van der Waals surface area contributed by atoms with E-state index >= 15 is 0 Å². The molecule has 6 nitrogen and oxygen atoms in total. The number of aromatic nitrogens is 3. The average Bonchev–Trinajstić information content (AvgIpc) is 3.09. The first-order chi connectivity index (χ1) is 11.5. The van der Waals surface area contributed by atoms with Gasteiger partial charge in [-0.1, -0.05) is 42.5 Å². The Morgan fingerprint density at radius 3 is 2.75 bits per heavy atom. The summed E-state index contributed by atoms with van der Waals surface area (Å²) in [5.74, 6) is 0. The lowest BCUT2D eigenvalue weighted by Gasteiger charge is -2.27. The van der Waals surface area contributed by atoms with E-state index in [1.807, 2.05) is 32.0 Å². The molecule has 0 amide bonds. The summed E-state index contributed by atoms with van der Waals surface area (Å²) in [4.78, 5) is 5.11. The maximum atomic E-state index is 13.3. The number of hydrogen-bond donors (Lipinski definition) is 0. The molecule has 0 atom stereocenters. The second-order valence-electron chi connectivity index (χ2n) is 5.89. The summed E-state index contributed by atoms with van der Waals surface area (Å²) >= 11 is 1.41. The van der Waals surface area contributed by atoms with Gasteiger partial charge in [0.2, 0.25) is 4.96 Å². The van der Waals surface area contributed by atoms with Gasteiger partial charge >= 0.3 is 0 Å². The van der Waals surface area contributed by atoms with Crippen molar-refractivity contribution in [1.29, 1.82) is 0 Å². The van der Waals surface area contributed by atoms with Gasteiger partial charge in [0, 0.05) is 13.1 Å². The van der Waals surface area contributed by atoms with Gasteiger partial charge < -0.3 is 0 Å². The lowest BCUT2D eigenvalue weighted by molar-refractivity contribution is 0.388. The fourth-order valence-electron chi connectivity index (χ4n) is 3.15. The van der Waals surface area contributed by atoms with E-state index in [-0.39, 0.29) is 5.03 Å². The van der Waals surface area contributed by atoms with Crippen molar-refractivity contribution in [2.24, 2.45) is 0 Å². The molecule has 1 aromatic carbocycles. The average molecular weight is 362 g/mol. The summed E-state index contributed by atoms with van der Waals surface area (Å²) in [7, 11) is -3.64. The van der Waals surface area contributed by atoms with Gasteiger partial charge in [0.1, 0.15) is 5.01 Å². The summed E-state index contributed by atoms with van der Waals surface area (Å²) in [6.07, 6.45) is 1.29. The lowest BCUT2D eigenvalue weighted by atomic mass is 10.0. The minimum atomic E-state index is -3.64. The van der Waals surface area contributed by atoms with Crippen LogP contribution in [-0.4, -0.2) is 33.9 Å². The largest absolute Gasteiger partial charge is 0.262 e. The van der Waals surface area contributed by atoms with Crippen LogP contribution in [0, 0.1) is 6.92 Å². The van der Waals surface area contributed by atoms with Crippen molar-refractivity contribution in [1.82, 2.24) is 18.9 Å². The molecule has 8 heteroatoms. The normalized spacial score (nSPS) is 15.8. The number of sulfonamides is 1. The Hall–Kier alpha value is -1.77. The topological polar surface area (TPSA) is 67.6 Å². The molecule has 0 N–H and O–H groups in total. The molecule has 0 bridgehead atoms. The molecular weight excluding hydrogens is 344 g/mol. The van der Waals surface area contributed by atoms with Gasteiger partial charge in [0.05, 0.1) is 5.69 Å². The third-order valence-corrected chi connectivity index (χ3v) is 7.06. The smallest absolute Gasteiger partial charge is 0.221 e. The minimum Gasteiger partial charge on any atom is -0.221 e. The van der Waals surface area contributed by atoms with Gasteiger partial charge in [-0.15, -0.1) is 0 Å². The zero-order valence-electron chi connectivity index (χ0n) is 13.6. The van der Waals surface area contributed by atoms with Gasteiger partial charge in [-0.05, 0) is 30.9 Å². The molecule has 1 aliphatic rings. The van der Waals surface area contributed by atoms with Crippen LogP contribution in [0.3, 0.4) is 0 Å². The third kappa shape index (κ3) is 2.37. The number of imidazole rings is 1. The van der Waals surface area contributed by atoms with E-state index < -0.39 is 10.0 Å². The fourth-order valence-corrected chi connectivity index (χ4v) is 5.69. The fraction of sp³-hybridized carbons (Fsp3) is 0.375. The number of nitrogens with zero attached hydrogens (tertiary/aromatic N) is 4. The van der Waals surface area contributed by atoms with Crippen LogP contribution in [0.5, 0.6) is 0 Å². The number of aryl methyl sites for hydroxylation is 2. The van der Waals surface area contributed by atoms with Gasteiger partial charge in [-0.25, -0.2) is 13.4 Å². The van der Waals surface area contributed by atoms with Crippen molar-refractivity contribution in [3.8, 4) is 0 Å². The molecule has 3 aromatic rings. The quantitative estimate of drug-likeness (QED) is 0.718. The Morgan fingerprint density at radius 1 is 1.25 bits per heavy atom. The molecule has 0 spiro atoms. The van der Waals surface area contributed by atoms with Gasteiger partial charge in [-0.2, -0.15) is 13.9 Å². The first-order valence-electron chi connectivity index (χ1n) is 7.92. The van der Waals surface area contributed by atoms with Crippen molar-refractivity contribution in [3.05, 3.63) is 46.1 Å². The maximum absolute atomic E-state index is 13.3. The first kappa shape index (κ1) is 15.7. The van der Waals surface area contributed by atoms with E-state index in [9.17, 15) is 8.42 Å². The van der Waals surface area contributed by atoms with Crippen molar-refractivity contribution < 1.29 is 8.42 Å². The lowest BCUT2D eigenvalue weighted by Crippen LogP contribution is -2.37. The Kier molecular flexibility index (Phi) is 3.70. The molecule has 3 heterocycles. The van der Waals surface area contributed by atoms with Crippen molar-refractivity contribution in [3.63, 3.8) is 0 Å². The number of hydrogen-bond acceptors (Lipinski definition) is 5. The number of benzene rings is 1. The highest BCUT2D eigenvalue weighted by Gasteiger charge is 2.34. The van der Waals surface area contributed by atoms with Crippen molar-refractivity contribution in [2.45, 2.75) is 38.3 Å². The first-order valence-corrected chi connectivity index (χ1v) is 10.2. The van der Waals surface area contributed by atoms with Crippen LogP contribution in [-0.2, 0) is 29.4 Å². The molecule has 1 aliphatic heterocycles. The summed E-state index contributed by atoms with van der Waals surface area (Å²) in [5, 5.41) is 5.39. The van der Waals surface area contributed by atoms with E-state index in [0.717, 1.165) is 17.0 Å². The maximum Gasteiger partial charge on any atom is 0.262 e. The molecule has 0 saturated carbocycles. The molecular formula is C16H18N4O2S2. The molecule has 2 aromatic heterocycles. The Bertz CT molecular complexity index is 1020. The monoisotopic (exact) mass is 362 g/mol. The highest BCUT2D eigenvalue weighted by atomic mass is 32.2. The third-order valence-electron chi connectivity index (χ3n) is 4.35. The van der Waals surface area contributed by atoms with E-state index in [2.05, 4.69) is 16.1 Å². The molecule has 0 unspecified atom stereocenters. The van der Waals surface area contributed by atoms with E-state index in [4.69, 9.17) is 0 Å². The predicted octanol–water partition coefficient (Wildman–Crippen LogP) is 2.41. The van der Waals surface area contributed by atoms with Crippen LogP contribution in [0.1, 0.15) is 28.8 Å². The van der Waals surface area contributed by atoms with Crippen LogP contribution >= 0.6 is 11.3 Å². The molecule has 0 radical (unpaired) electrons. The summed E-state index contributed by atoms with van der Waals surface area (Å²) < 4.78 is 29.6. The van der Waals surface area contributed by atoms with Gasteiger partial charge in [0.25, 0.3) is 10.0 Å². The SMILES string of the molecule is CCc1nc2sc(C)nn2c1S(=O)(=O)N1CCc2ccccc2C1. The predicted molar refractivity (Wildman–Crippen MR) is 92.7 cm³/mol. The highest BCUT2D eigenvalue weighted by molar-refractivity contribution is 7.89. The van der Waals surface area contributed by atoms with Crippen LogP contribution in [0.2, 0.25) is 0 Å². The summed E-state index contributed by atoms with van der Waals surface area (Å²) in [5.41, 5.74) is 2.88. The van der Waals surface area contributed by atoms with Gasteiger partial charge in [0.15, 0.2) is 5.03 Å². The second-order valence-corrected chi connectivity index (χ2v) is 8.90.